The quantitative estimate of drug-likeness (QED) is 0.213. The molecule has 6 nitrogen and oxygen atoms in total. The highest BCUT2D eigenvalue weighted by molar-refractivity contribution is 14.0. The zero-order chi connectivity index (χ0) is 20.2. The van der Waals surface area contributed by atoms with Gasteiger partial charge in [-0.3, -0.25) is 4.99 Å². The molecule has 0 aliphatic carbocycles. The predicted octanol–water partition coefficient (Wildman–Crippen LogP) is 3.41. The smallest absolute Gasteiger partial charge is 0.191 e. The van der Waals surface area contributed by atoms with Crippen LogP contribution in [0.15, 0.2) is 64.5 Å². The van der Waals surface area contributed by atoms with Crippen LogP contribution in [0.1, 0.15) is 18.9 Å². The fraction of sp³-hybridized carbons (Fsp3) is 0.381. The predicted molar refractivity (Wildman–Crippen MR) is 129 cm³/mol. The van der Waals surface area contributed by atoms with Gasteiger partial charge in [0.1, 0.15) is 12.4 Å². The minimum atomic E-state index is -3.26. The molecule has 0 radical (unpaired) electrons. The van der Waals surface area contributed by atoms with Crippen molar-refractivity contribution in [2.45, 2.75) is 25.2 Å². The van der Waals surface area contributed by atoms with E-state index in [2.05, 4.69) is 15.6 Å². The third kappa shape index (κ3) is 9.49. The van der Waals surface area contributed by atoms with Crippen molar-refractivity contribution in [3.05, 3.63) is 60.2 Å². The van der Waals surface area contributed by atoms with Crippen molar-refractivity contribution < 1.29 is 13.2 Å². The van der Waals surface area contributed by atoms with E-state index in [0.29, 0.717) is 37.0 Å². The summed E-state index contributed by atoms with van der Waals surface area (Å²) in [6.45, 7) is 6.29. The van der Waals surface area contributed by atoms with Gasteiger partial charge in [0.25, 0.3) is 0 Å². The molecule has 0 aromatic heterocycles. The summed E-state index contributed by atoms with van der Waals surface area (Å²) < 4.78 is 30.2. The van der Waals surface area contributed by atoms with Gasteiger partial charge in [0.05, 0.1) is 17.2 Å². The molecule has 0 fully saturated rings. The molecule has 0 atom stereocenters. The maximum absolute atomic E-state index is 12.3. The number of guanidine groups is 1. The fourth-order valence-corrected chi connectivity index (χ4v) is 3.82. The van der Waals surface area contributed by atoms with Gasteiger partial charge in [-0.1, -0.05) is 35.9 Å². The first-order chi connectivity index (χ1) is 13.5. The minimum Gasteiger partial charge on any atom is -0.492 e. The van der Waals surface area contributed by atoms with Gasteiger partial charge in [-0.2, -0.15) is 0 Å². The van der Waals surface area contributed by atoms with Gasteiger partial charge in [0.15, 0.2) is 15.8 Å². The van der Waals surface area contributed by atoms with Crippen LogP contribution in [0.25, 0.3) is 0 Å². The third-order valence-electron chi connectivity index (χ3n) is 3.97. The minimum absolute atomic E-state index is 0. The number of ether oxygens (including phenoxy) is 1. The van der Waals surface area contributed by atoms with Crippen molar-refractivity contribution in [3.63, 3.8) is 0 Å². The number of aryl methyl sites for hydroxylation is 1. The van der Waals surface area contributed by atoms with E-state index < -0.39 is 9.84 Å². The third-order valence-corrected chi connectivity index (χ3v) is 5.79. The summed E-state index contributed by atoms with van der Waals surface area (Å²) in [5.74, 6) is 1.57. The Hall–Kier alpha value is -1.81. The van der Waals surface area contributed by atoms with E-state index in [4.69, 9.17) is 4.74 Å². The van der Waals surface area contributed by atoms with Crippen LogP contribution in [0.4, 0.5) is 0 Å². The summed E-state index contributed by atoms with van der Waals surface area (Å²) >= 11 is 0. The standard InChI is InChI=1S/C21H29N3O3S.HI/c1-3-22-21(24-15-16-27-19-12-10-18(2)11-13-19)23-14-7-17-28(25,26)20-8-5-4-6-9-20;/h4-6,8-13H,3,7,14-17H2,1-2H3,(H2,22,23,24);1H. The maximum Gasteiger partial charge on any atom is 0.191 e. The van der Waals surface area contributed by atoms with E-state index in [9.17, 15) is 8.42 Å². The Morgan fingerprint density at radius 2 is 1.72 bits per heavy atom. The second kappa shape index (κ2) is 13.4. The van der Waals surface area contributed by atoms with Crippen molar-refractivity contribution in [1.82, 2.24) is 10.6 Å². The topological polar surface area (TPSA) is 79.8 Å². The van der Waals surface area contributed by atoms with E-state index in [1.54, 1.807) is 30.3 Å². The largest absolute Gasteiger partial charge is 0.492 e. The number of aliphatic imine (C=N–C) groups is 1. The van der Waals surface area contributed by atoms with Gasteiger partial charge in [-0.25, -0.2) is 8.42 Å². The molecular weight excluding hydrogens is 501 g/mol. The molecular formula is C21H30IN3O3S. The molecule has 0 bridgehead atoms. The Morgan fingerprint density at radius 1 is 1.03 bits per heavy atom. The number of benzene rings is 2. The van der Waals surface area contributed by atoms with Crippen LogP contribution >= 0.6 is 24.0 Å². The number of hydrogen-bond acceptors (Lipinski definition) is 4. The van der Waals surface area contributed by atoms with Gasteiger partial charge in [-0.15, -0.1) is 24.0 Å². The molecule has 0 spiro atoms. The average Bonchev–Trinajstić information content (AvgIpc) is 2.70. The van der Waals surface area contributed by atoms with Crippen LogP contribution in [0.3, 0.4) is 0 Å². The van der Waals surface area contributed by atoms with Gasteiger partial charge >= 0.3 is 0 Å². The Morgan fingerprint density at radius 3 is 2.38 bits per heavy atom. The lowest BCUT2D eigenvalue weighted by Gasteiger charge is -2.12. The lowest BCUT2D eigenvalue weighted by molar-refractivity contribution is 0.322. The second-order valence-corrected chi connectivity index (χ2v) is 8.44. The molecule has 2 rings (SSSR count). The molecule has 2 aromatic rings. The van der Waals surface area contributed by atoms with Crippen LogP contribution in [0.5, 0.6) is 5.75 Å². The summed E-state index contributed by atoms with van der Waals surface area (Å²) in [7, 11) is -3.26. The first-order valence-corrected chi connectivity index (χ1v) is 11.2. The number of halogens is 1. The maximum atomic E-state index is 12.3. The molecule has 0 saturated carbocycles. The molecule has 0 aliphatic heterocycles. The molecule has 2 aromatic carbocycles. The number of nitrogens with one attached hydrogen (secondary N) is 2. The Labute approximate surface area is 191 Å². The lowest BCUT2D eigenvalue weighted by atomic mass is 10.2. The monoisotopic (exact) mass is 531 g/mol. The Balaban J connectivity index is 0.00000420. The first kappa shape index (κ1) is 25.2. The lowest BCUT2D eigenvalue weighted by Crippen LogP contribution is -2.39. The highest BCUT2D eigenvalue weighted by Gasteiger charge is 2.12. The zero-order valence-electron chi connectivity index (χ0n) is 16.9. The van der Waals surface area contributed by atoms with Gasteiger partial charge in [-0.05, 0) is 44.5 Å². The van der Waals surface area contributed by atoms with Crippen molar-refractivity contribution in [1.29, 1.82) is 0 Å². The summed E-state index contributed by atoms with van der Waals surface area (Å²) in [6.07, 6.45) is 0.466. The van der Waals surface area contributed by atoms with Gasteiger partial charge in [0, 0.05) is 13.1 Å². The van der Waals surface area contributed by atoms with Gasteiger partial charge in [0.2, 0.25) is 0 Å². The van der Waals surface area contributed by atoms with Crippen molar-refractivity contribution in [3.8, 4) is 5.75 Å². The molecule has 0 aliphatic rings. The van der Waals surface area contributed by atoms with Gasteiger partial charge < -0.3 is 15.4 Å². The summed E-state index contributed by atoms with van der Waals surface area (Å²) in [5, 5.41) is 6.35. The molecule has 0 heterocycles. The van der Waals surface area contributed by atoms with Crippen LogP contribution in [0, 0.1) is 6.92 Å². The first-order valence-electron chi connectivity index (χ1n) is 9.51. The zero-order valence-corrected chi connectivity index (χ0v) is 20.1. The molecule has 0 unspecified atom stereocenters. The number of sulfone groups is 1. The normalized spacial score (nSPS) is 11.4. The van der Waals surface area contributed by atoms with Crippen molar-refractivity contribution in [2.24, 2.45) is 4.99 Å². The molecule has 8 heteroatoms. The van der Waals surface area contributed by atoms with Crippen LogP contribution < -0.4 is 15.4 Å². The fourth-order valence-electron chi connectivity index (χ4n) is 2.51. The average molecular weight is 531 g/mol. The number of hydrogen-bond donors (Lipinski definition) is 2. The SMILES string of the molecule is CCNC(=NCCCS(=O)(=O)c1ccccc1)NCCOc1ccc(C)cc1.I. The summed E-state index contributed by atoms with van der Waals surface area (Å²) in [6, 6.07) is 16.4. The number of nitrogens with zero attached hydrogens (tertiary/aromatic N) is 1. The van der Waals surface area contributed by atoms with E-state index in [0.717, 1.165) is 12.3 Å². The van der Waals surface area contributed by atoms with E-state index in [1.807, 2.05) is 38.1 Å². The van der Waals surface area contributed by atoms with Crippen LogP contribution in [0.2, 0.25) is 0 Å². The van der Waals surface area contributed by atoms with E-state index in [-0.39, 0.29) is 29.7 Å². The molecule has 0 amide bonds. The van der Waals surface area contributed by atoms with E-state index in [1.165, 1.54) is 5.56 Å². The molecule has 2 N–H and O–H groups in total. The van der Waals surface area contributed by atoms with Crippen LogP contribution in [-0.2, 0) is 9.84 Å². The van der Waals surface area contributed by atoms with Crippen molar-refractivity contribution in [2.75, 3.05) is 32.0 Å². The Bertz CT molecular complexity index is 841. The molecule has 0 saturated heterocycles. The highest BCUT2D eigenvalue weighted by atomic mass is 127. The number of rotatable bonds is 10. The molecule has 29 heavy (non-hydrogen) atoms. The van der Waals surface area contributed by atoms with Crippen LogP contribution in [-0.4, -0.2) is 46.4 Å². The highest BCUT2D eigenvalue weighted by Crippen LogP contribution is 2.11. The summed E-state index contributed by atoms with van der Waals surface area (Å²) in [5.41, 5.74) is 1.20. The summed E-state index contributed by atoms with van der Waals surface area (Å²) in [4.78, 5) is 4.80. The molecule has 160 valence electrons. The van der Waals surface area contributed by atoms with E-state index >= 15 is 0 Å². The second-order valence-electron chi connectivity index (χ2n) is 6.33. The Kier molecular flexibility index (Phi) is 11.7. The van der Waals surface area contributed by atoms with Crippen molar-refractivity contribution >= 4 is 39.8 Å².